The summed E-state index contributed by atoms with van der Waals surface area (Å²) in [5.41, 5.74) is 13.2. The van der Waals surface area contributed by atoms with Gasteiger partial charge in [0.15, 0.2) is 0 Å². The Hall–Kier alpha value is -5.53. The molecule has 0 spiro atoms. The van der Waals surface area contributed by atoms with Crippen molar-refractivity contribution in [1.82, 2.24) is 39.5 Å². The Morgan fingerprint density at radius 2 is 1.06 bits per heavy atom. The van der Waals surface area contributed by atoms with Crippen LogP contribution < -0.4 is 11.1 Å². The number of halogens is 1. The van der Waals surface area contributed by atoms with Gasteiger partial charge in [0.2, 0.25) is 0 Å². The second-order valence-corrected chi connectivity index (χ2v) is 16.9. The zero-order chi connectivity index (χ0) is 46.0. The van der Waals surface area contributed by atoms with E-state index in [0.29, 0.717) is 42.3 Å². The first kappa shape index (κ1) is 48.9. The zero-order valence-corrected chi connectivity index (χ0v) is 39.6. The number of fused-ring (bicyclic) bond motifs is 2. The average molecular weight is 900 g/mol. The van der Waals surface area contributed by atoms with Crippen LogP contribution in [-0.2, 0) is 0 Å². The maximum Gasteiger partial charge on any atom is 0.253 e. The Bertz CT molecular complexity index is 2410. The van der Waals surface area contributed by atoms with Gasteiger partial charge in [0, 0.05) is 116 Å². The molecule has 344 valence electrons. The fraction of sp³-hybridized carbons (Fsp3) is 0.423. The number of hydrogen-bond acceptors (Lipinski definition) is 10. The normalized spacial score (nSPS) is 14.2. The molecule has 0 atom stereocenters. The van der Waals surface area contributed by atoms with E-state index in [1.807, 2.05) is 106 Å². The highest BCUT2D eigenvalue weighted by Gasteiger charge is 2.16. The Morgan fingerprint density at radius 3 is 1.54 bits per heavy atom. The molecule has 6 heterocycles. The zero-order valence-electron chi connectivity index (χ0n) is 38.8. The summed E-state index contributed by atoms with van der Waals surface area (Å²) in [5.74, 6) is 0.112. The maximum atomic E-state index is 12.6. The van der Waals surface area contributed by atoms with Crippen LogP contribution in [0.1, 0.15) is 86.9 Å². The monoisotopic (exact) mass is 899 g/mol. The topological polar surface area (TPSA) is 137 Å². The Balaban J connectivity index is 0.000000186. The van der Waals surface area contributed by atoms with Crippen molar-refractivity contribution < 1.29 is 9.59 Å². The van der Waals surface area contributed by atoms with Crippen LogP contribution in [-0.4, -0.2) is 130 Å². The number of anilines is 1. The van der Waals surface area contributed by atoms with Crippen LogP contribution in [0.2, 0.25) is 5.02 Å². The fourth-order valence-electron chi connectivity index (χ4n) is 8.39. The van der Waals surface area contributed by atoms with E-state index in [0.717, 1.165) is 76.2 Å². The molecule has 0 aliphatic carbocycles. The summed E-state index contributed by atoms with van der Waals surface area (Å²) in [6.07, 6.45) is 15.2. The molecule has 0 radical (unpaired) electrons. The van der Waals surface area contributed by atoms with E-state index in [1.54, 1.807) is 23.5 Å². The van der Waals surface area contributed by atoms with Crippen molar-refractivity contribution >= 4 is 50.9 Å². The quantitative estimate of drug-likeness (QED) is 0.109. The molecule has 0 saturated carbocycles. The van der Waals surface area contributed by atoms with Gasteiger partial charge in [-0.3, -0.25) is 19.6 Å². The summed E-state index contributed by atoms with van der Waals surface area (Å²) in [4.78, 5) is 51.5. The summed E-state index contributed by atoms with van der Waals surface area (Å²) in [6, 6.07) is 23.0. The number of hydrogen-bond donors (Lipinski definition) is 2. The number of amides is 2. The van der Waals surface area contributed by atoms with Gasteiger partial charge in [-0.2, -0.15) is 0 Å². The van der Waals surface area contributed by atoms with Crippen LogP contribution >= 0.6 is 11.6 Å². The molecule has 2 fully saturated rings. The number of nitrogens with one attached hydrogen (secondary N) is 1. The molecule has 2 aliphatic heterocycles. The van der Waals surface area contributed by atoms with Crippen LogP contribution in [0.25, 0.3) is 44.3 Å². The van der Waals surface area contributed by atoms with E-state index >= 15 is 0 Å². The first-order valence-corrected chi connectivity index (χ1v) is 24.0. The first-order chi connectivity index (χ1) is 31.8. The van der Waals surface area contributed by atoms with Gasteiger partial charge in [-0.05, 0) is 128 Å². The molecular formula is C52H67ClN10O2. The van der Waals surface area contributed by atoms with Gasteiger partial charge in [-0.25, -0.2) is 9.97 Å². The lowest BCUT2D eigenvalue weighted by atomic mass is 10.1. The number of carbonyl (C=O) groups is 2. The van der Waals surface area contributed by atoms with Gasteiger partial charge < -0.3 is 30.7 Å². The van der Waals surface area contributed by atoms with Crippen molar-refractivity contribution in [3.05, 3.63) is 114 Å². The van der Waals surface area contributed by atoms with Crippen molar-refractivity contribution in [2.75, 3.05) is 83.9 Å². The lowest BCUT2D eigenvalue weighted by molar-refractivity contribution is 0.0765. The van der Waals surface area contributed by atoms with E-state index in [2.05, 4.69) is 36.1 Å². The number of benzene rings is 2. The number of pyridine rings is 4. The third-order valence-electron chi connectivity index (χ3n) is 12.2. The maximum absolute atomic E-state index is 12.6. The molecule has 0 unspecified atom stereocenters. The minimum Gasteiger partial charge on any atom is -0.383 e. The number of aromatic nitrogens is 4. The standard InChI is InChI=1S/C26H33N5O.C19H18ClN3O.C7H16N2/c1-3-31(4-2)26(32)21-10-8-20(9-11-21)24-18-25(22-19-27-13-12-23(22)29-24)28-14-17-30-15-6-5-7-16-30;1-3-23(4-2)19(24)14-7-5-13(6-8-14)18-11-16(20)15-12-21-10-9-17(15)22-18;8-4-7-9-5-2-1-3-6-9/h8-13,18-19H,3-7,14-17H2,1-2H3,(H,28,29);5-12H,3-4H2,1-2H3;1-8H2. The molecule has 8 rings (SSSR count). The van der Waals surface area contributed by atoms with Crippen LogP contribution in [0.15, 0.2) is 97.6 Å². The molecule has 2 saturated heterocycles. The molecule has 6 aromatic rings. The number of nitrogens with zero attached hydrogens (tertiary/aromatic N) is 8. The fourth-order valence-corrected chi connectivity index (χ4v) is 8.64. The molecule has 2 aliphatic rings. The molecular weight excluding hydrogens is 832 g/mol. The summed E-state index contributed by atoms with van der Waals surface area (Å²) >= 11 is 6.33. The molecule has 13 heteroatoms. The highest BCUT2D eigenvalue weighted by Crippen LogP contribution is 2.30. The Labute approximate surface area is 390 Å². The van der Waals surface area contributed by atoms with Crippen LogP contribution in [0.5, 0.6) is 0 Å². The van der Waals surface area contributed by atoms with Gasteiger partial charge >= 0.3 is 0 Å². The molecule has 4 aromatic heterocycles. The lowest BCUT2D eigenvalue weighted by Gasteiger charge is -2.26. The van der Waals surface area contributed by atoms with Crippen LogP contribution in [0, 0.1) is 0 Å². The molecule has 2 amide bonds. The molecule has 12 nitrogen and oxygen atoms in total. The van der Waals surface area contributed by atoms with E-state index in [4.69, 9.17) is 22.3 Å². The Kier molecular flexibility index (Phi) is 19.0. The van der Waals surface area contributed by atoms with Gasteiger partial charge in [-0.1, -0.05) is 48.7 Å². The number of piperidine rings is 2. The third-order valence-corrected chi connectivity index (χ3v) is 12.5. The van der Waals surface area contributed by atoms with Gasteiger partial charge in [0.1, 0.15) is 0 Å². The number of likely N-dealkylation sites (tertiary alicyclic amines) is 2. The van der Waals surface area contributed by atoms with Crippen molar-refractivity contribution in [2.24, 2.45) is 5.73 Å². The highest BCUT2D eigenvalue weighted by molar-refractivity contribution is 6.35. The van der Waals surface area contributed by atoms with E-state index < -0.39 is 0 Å². The van der Waals surface area contributed by atoms with E-state index in [9.17, 15) is 9.59 Å². The summed E-state index contributed by atoms with van der Waals surface area (Å²) in [6.45, 7) is 19.6. The second-order valence-electron chi connectivity index (χ2n) is 16.5. The predicted molar refractivity (Wildman–Crippen MR) is 268 cm³/mol. The van der Waals surface area contributed by atoms with Gasteiger partial charge in [-0.15, -0.1) is 0 Å². The third kappa shape index (κ3) is 13.5. The smallest absolute Gasteiger partial charge is 0.253 e. The lowest BCUT2D eigenvalue weighted by Crippen LogP contribution is -2.33. The van der Waals surface area contributed by atoms with Crippen molar-refractivity contribution in [1.29, 1.82) is 0 Å². The number of rotatable bonds is 14. The second kappa shape index (κ2) is 25.2. The largest absolute Gasteiger partial charge is 0.383 e. The number of nitrogens with two attached hydrogens (primary N) is 1. The van der Waals surface area contributed by atoms with Gasteiger partial charge in [0.25, 0.3) is 11.8 Å². The summed E-state index contributed by atoms with van der Waals surface area (Å²) < 4.78 is 0. The first-order valence-electron chi connectivity index (χ1n) is 23.6. The Morgan fingerprint density at radius 1 is 0.615 bits per heavy atom. The molecule has 65 heavy (non-hydrogen) atoms. The molecule has 2 aromatic carbocycles. The minimum atomic E-state index is 0.0436. The van der Waals surface area contributed by atoms with Gasteiger partial charge in [0.05, 0.1) is 27.4 Å². The van der Waals surface area contributed by atoms with Crippen LogP contribution in [0.4, 0.5) is 5.69 Å². The van der Waals surface area contributed by atoms with E-state index in [1.165, 1.54) is 64.7 Å². The van der Waals surface area contributed by atoms with Crippen molar-refractivity contribution in [2.45, 2.75) is 66.2 Å². The average Bonchev–Trinajstić information content (AvgIpc) is 3.36. The highest BCUT2D eigenvalue weighted by atomic mass is 35.5. The summed E-state index contributed by atoms with van der Waals surface area (Å²) in [7, 11) is 0. The molecule has 3 N–H and O–H groups in total. The van der Waals surface area contributed by atoms with Crippen molar-refractivity contribution in [3.63, 3.8) is 0 Å². The number of carbonyl (C=O) groups excluding carboxylic acids is 2. The SMILES string of the molecule is CCN(CC)C(=O)c1ccc(-c2cc(Cl)c3cnccc3n2)cc1.CCN(CC)C(=O)c1ccc(-c2cc(NCCN3CCCCC3)c3cnccc3n2)cc1.NCCN1CCCCC1. The summed E-state index contributed by atoms with van der Waals surface area (Å²) in [5, 5.41) is 6.10. The molecule has 0 bridgehead atoms. The van der Waals surface area contributed by atoms with E-state index in [-0.39, 0.29) is 11.8 Å². The van der Waals surface area contributed by atoms with Crippen LogP contribution in [0.3, 0.4) is 0 Å². The minimum absolute atomic E-state index is 0.0436. The predicted octanol–water partition coefficient (Wildman–Crippen LogP) is 9.54. The van der Waals surface area contributed by atoms with Crippen molar-refractivity contribution in [3.8, 4) is 22.5 Å².